The molecular weight excluding hydrogens is 431 g/mol. The van der Waals surface area contributed by atoms with Gasteiger partial charge >= 0.3 is 6.03 Å². The van der Waals surface area contributed by atoms with Gasteiger partial charge in [-0.25, -0.2) is 9.18 Å². The summed E-state index contributed by atoms with van der Waals surface area (Å²) in [4.78, 5) is 36.6. The summed E-state index contributed by atoms with van der Waals surface area (Å²) in [7, 11) is 0. The average molecular weight is 461 g/mol. The van der Waals surface area contributed by atoms with Crippen molar-refractivity contribution in [2.24, 2.45) is 0 Å². The van der Waals surface area contributed by atoms with Gasteiger partial charge in [0.1, 0.15) is 11.9 Å². The van der Waals surface area contributed by atoms with Crippen molar-refractivity contribution in [3.05, 3.63) is 59.9 Å². The van der Waals surface area contributed by atoms with E-state index in [0.717, 1.165) is 0 Å². The fraction of sp³-hybridized carbons (Fsp3) is 0.348. The maximum absolute atomic E-state index is 13.0. The monoisotopic (exact) mass is 460 g/mol. The van der Waals surface area contributed by atoms with Gasteiger partial charge in [0.2, 0.25) is 0 Å². The molecule has 33 heavy (non-hydrogen) atoms. The number of hydrazine groups is 1. The van der Waals surface area contributed by atoms with Crippen molar-refractivity contribution in [1.29, 1.82) is 0 Å². The van der Waals surface area contributed by atoms with Crippen molar-refractivity contribution in [2.45, 2.75) is 39.3 Å². The number of amides is 4. The van der Waals surface area contributed by atoms with Crippen LogP contribution < -0.4 is 31.0 Å². The Balaban J connectivity index is 1.78. The number of hydrogen-bond acceptors (Lipinski definition) is 5. The zero-order valence-electron chi connectivity index (χ0n) is 18.7. The van der Waals surface area contributed by atoms with Gasteiger partial charge < -0.3 is 20.1 Å². The predicted molar refractivity (Wildman–Crippen MR) is 120 cm³/mol. The van der Waals surface area contributed by atoms with E-state index in [1.54, 1.807) is 36.4 Å². The first-order valence-electron chi connectivity index (χ1n) is 10.6. The summed E-state index contributed by atoms with van der Waals surface area (Å²) in [5, 5.41) is 5.18. The number of para-hydroxylation sites is 2. The first-order chi connectivity index (χ1) is 15.9. The highest BCUT2D eigenvalue weighted by molar-refractivity contribution is 5.89. The molecule has 4 N–H and O–H groups in total. The number of ether oxygens (including phenoxy) is 2. The Labute approximate surface area is 192 Å². The van der Waals surface area contributed by atoms with Crippen molar-refractivity contribution in [3.8, 4) is 11.5 Å². The molecule has 0 spiro atoms. The third-order valence-corrected chi connectivity index (χ3v) is 4.40. The van der Waals surface area contributed by atoms with Gasteiger partial charge in [-0.1, -0.05) is 37.6 Å². The Morgan fingerprint density at radius 1 is 0.939 bits per heavy atom. The quantitative estimate of drug-likeness (QED) is 0.384. The van der Waals surface area contributed by atoms with Gasteiger partial charge in [-0.15, -0.1) is 0 Å². The summed E-state index contributed by atoms with van der Waals surface area (Å²) in [6, 6.07) is 11.2. The van der Waals surface area contributed by atoms with Crippen LogP contribution in [0.1, 0.15) is 32.3 Å². The summed E-state index contributed by atoms with van der Waals surface area (Å²) in [5.41, 5.74) is 5.27. The maximum Gasteiger partial charge on any atom is 0.315 e. The minimum Gasteiger partial charge on any atom is -0.490 e. The van der Waals surface area contributed by atoms with Crippen molar-refractivity contribution < 1.29 is 28.2 Å². The van der Waals surface area contributed by atoms with Gasteiger partial charge in [0, 0.05) is 6.54 Å². The maximum atomic E-state index is 13.0. The minimum atomic E-state index is -0.858. The molecule has 4 amide bonds. The van der Waals surface area contributed by atoms with Crippen LogP contribution in [0.25, 0.3) is 0 Å². The van der Waals surface area contributed by atoms with Gasteiger partial charge in [-0.3, -0.25) is 20.4 Å². The first kappa shape index (κ1) is 25.4. The zero-order valence-corrected chi connectivity index (χ0v) is 18.7. The second-order valence-electron chi connectivity index (χ2n) is 7.00. The number of urea groups is 1. The van der Waals surface area contributed by atoms with E-state index in [2.05, 4.69) is 21.5 Å². The molecule has 178 valence electrons. The molecule has 2 aromatic carbocycles. The molecule has 0 fully saturated rings. The summed E-state index contributed by atoms with van der Waals surface area (Å²) >= 11 is 0. The largest absolute Gasteiger partial charge is 0.490 e. The van der Waals surface area contributed by atoms with E-state index < -0.39 is 23.9 Å². The van der Waals surface area contributed by atoms with E-state index in [9.17, 15) is 18.8 Å². The summed E-state index contributed by atoms with van der Waals surface area (Å²) < 4.78 is 23.8. The normalized spacial score (nSPS) is 11.1. The molecule has 0 radical (unpaired) electrons. The van der Waals surface area contributed by atoms with E-state index in [1.807, 2.05) is 13.8 Å². The highest BCUT2D eigenvalue weighted by Gasteiger charge is 2.20. The summed E-state index contributed by atoms with van der Waals surface area (Å²) in [6.07, 6.45) is 0.992. The van der Waals surface area contributed by atoms with Crippen LogP contribution in [0, 0.1) is 5.82 Å². The van der Waals surface area contributed by atoms with Gasteiger partial charge in [0.25, 0.3) is 11.8 Å². The third-order valence-electron chi connectivity index (χ3n) is 4.40. The second kappa shape index (κ2) is 13.6. The van der Waals surface area contributed by atoms with Crippen LogP contribution in [-0.4, -0.2) is 37.1 Å². The SMILES string of the molecule is CCCC(NC(=O)NCc1ccc(F)cc1)C(=O)NNC(=O)COc1ccccc1OCC. The Morgan fingerprint density at radius 2 is 1.61 bits per heavy atom. The fourth-order valence-electron chi connectivity index (χ4n) is 2.79. The Hall–Kier alpha value is -3.82. The van der Waals surface area contributed by atoms with Gasteiger partial charge in [0.05, 0.1) is 6.61 Å². The Morgan fingerprint density at radius 3 is 2.24 bits per heavy atom. The molecule has 0 aliphatic heterocycles. The highest BCUT2D eigenvalue weighted by Crippen LogP contribution is 2.26. The molecule has 1 unspecified atom stereocenters. The number of benzene rings is 2. The first-order valence-corrected chi connectivity index (χ1v) is 10.6. The topological polar surface area (TPSA) is 118 Å². The number of hydrogen-bond donors (Lipinski definition) is 4. The van der Waals surface area contributed by atoms with E-state index in [1.165, 1.54) is 12.1 Å². The summed E-state index contributed by atoms with van der Waals surface area (Å²) in [5.74, 6) is -0.601. The number of nitrogens with one attached hydrogen (secondary N) is 4. The van der Waals surface area contributed by atoms with Crippen LogP contribution in [0.3, 0.4) is 0 Å². The molecule has 0 aromatic heterocycles. The highest BCUT2D eigenvalue weighted by atomic mass is 19.1. The molecule has 0 bridgehead atoms. The average Bonchev–Trinajstić information content (AvgIpc) is 2.81. The molecular formula is C23H29FN4O5. The fourth-order valence-corrected chi connectivity index (χ4v) is 2.79. The lowest BCUT2D eigenvalue weighted by atomic mass is 10.1. The van der Waals surface area contributed by atoms with Gasteiger partial charge in [-0.2, -0.15) is 0 Å². The lowest BCUT2D eigenvalue weighted by Crippen LogP contribution is -2.54. The third kappa shape index (κ3) is 9.06. The molecule has 0 aliphatic rings. The number of carbonyl (C=O) groups is 3. The zero-order chi connectivity index (χ0) is 24.1. The smallest absolute Gasteiger partial charge is 0.315 e. The molecule has 2 aromatic rings. The molecule has 10 heteroatoms. The van der Waals surface area contributed by atoms with Crippen molar-refractivity contribution >= 4 is 17.8 Å². The molecule has 9 nitrogen and oxygen atoms in total. The van der Waals surface area contributed by atoms with Crippen molar-refractivity contribution in [2.75, 3.05) is 13.2 Å². The van der Waals surface area contributed by atoms with E-state index >= 15 is 0 Å². The molecule has 2 rings (SSSR count). The number of carbonyl (C=O) groups excluding carboxylic acids is 3. The molecule has 0 saturated carbocycles. The van der Waals surface area contributed by atoms with Crippen LogP contribution in [0.5, 0.6) is 11.5 Å². The van der Waals surface area contributed by atoms with Crippen LogP contribution in [0.2, 0.25) is 0 Å². The van der Waals surface area contributed by atoms with E-state index in [0.29, 0.717) is 36.5 Å². The second-order valence-corrected chi connectivity index (χ2v) is 7.00. The lowest BCUT2D eigenvalue weighted by molar-refractivity contribution is -0.131. The Bertz CT molecular complexity index is 923. The number of rotatable bonds is 11. The molecule has 0 heterocycles. The predicted octanol–water partition coefficient (Wildman–Crippen LogP) is 2.42. The standard InChI is InChI=1S/C23H29FN4O5/c1-3-7-18(26-23(31)25-14-16-10-12-17(24)13-11-16)22(30)28-27-21(29)15-33-20-9-6-5-8-19(20)32-4-2/h5-6,8-13,18H,3-4,7,14-15H2,1-2H3,(H,27,29)(H,28,30)(H2,25,26,31). The number of halogens is 1. The van der Waals surface area contributed by atoms with Crippen LogP contribution >= 0.6 is 0 Å². The van der Waals surface area contributed by atoms with Crippen LogP contribution in [0.4, 0.5) is 9.18 Å². The lowest BCUT2D eigenvalue weighted by Gasteiger charge is -2.18. The van der Waals surface area contributed by atoms with Crippen LogP contribution in [-0.2, 0) is 16.1 Å². The van der Waals surface area contributed by atoms with E-state index in [-0.39, 0.29) is 19.0 Å². The summed E-state index contributed by atoms with van der Waals surface area (Å²) in [6.45, 7) is 3.98. The molecule has 0 aliphatic carbocycles. The molecule has 0 saturated heterocycles. The van der Waals surface area contributed by atoms with Crippen molar-refractivity contribution in [1.82, 2.24) is 21.5 Å². The minimum absolute atomic E-state index is 0.171. The van der Waals surface area contributed by atoms with Crippen molar-refractivity contribution in [3.63, 3.8) is 0 Å². The Kier molecular flexibility index (Phi) is 10.5. The molecule has 1 atom stereocenters. The van der Waals surface area contributed by atoms with E-state index in [4.69, 9.17) is 9.47 Å². The van der Waals surface area contributed by atoms with Gasteiger partial charge in [-0.05, 0) is 43.2 Å². The van der Waals surface area contributed by atoms with Crippen LogP contribution in [0.15, 0.2) is 48.5 Å². The van der Waals surface area contributed by atoms with Gasteiger partial charge in [0.15, 0.2) is 18.1 Å².